The first kappa shape index (κ1) is 22.2. The van der Waals surface area contributed by atoms with E-state index in [1.807, 2.05) is 0 Å². The van der Waals surface area contributed by atoms with E-state index >= 15 is 0 Å². The molecule has 8 nitrogen and oxygen atoms in total. The first-order valence-corrected chi connectivity index (χ1v) is 11.8. The van der Waals surface area contributed by atoms with Crippen molar-refractivity contribution in [2.24, 2.45) is 0 Å². The molecule has 0 spiro atoms. The summed E-state index contributed by atoms with van der Waals surface area (Å²) in [4.78, 5) is 12.6. The zero-order chi connectivity index (χ0) is 22.9. The van der Waals surface area contributed by atoms with Gasteiger partial charge in [0.1, 0.15) is 22.4 Å². The molecule has 4 rings (SSSR count). The molecule has 1 aromatic heterocycles. The molecule has 1 amide bonds. The summed E-state index contributed by atoms with van der Waals surface area (Å²) in [5, 5.41) is 10.5. The van der Waals surface area contributed by atoms with Crippen LogP contribution in [0.1, 0.15) is 33.7 Å². The van der Waals surface area contributed by atoms with Gasteiger partial charge in [0.05, 0.1) is 23.7 Å². The number of anilines is 1. The number of sulfonamides is 1. The van der Waals surface area contributed by atoms with E-state index in [0.717, 1.165) is 23.5 Å². The van der Waals surface area contributed by atoms with E-state index in [9.17, 15) is 22.0 Å². The van der Waals surface area contributed by atoms with Crippen LogP contribution in [0.2, 0.25) is 0 Å². The van der Waals surface area contributed by atoms with Crippen LogP contribution in [0.5, 0.6) is 5.75 Å². The van der Waals surface area contributed by atoms with E-state index < -0.39 is 33.6 Å². The molecule has 1 atom stereocenters. The number of aromatic nitrogens is 2. The molecule has 32 heavy (non-hydrogen) atoms. The van der Waals surface area contributed by atoms with Gasteiger partial charge in [0.25, 0.3) is 5.91 Å². The number of carbonyl (C=O) groups excluding carboxylic acids is 1. The van der Waals surface area contributed by atoms with Gasteiger partial charge in [-0.2, -0.15) is 4.31 Å². The fourth-order valence-corrected chi connectivity index (χ4v) is 6.00. The maximum atomic E-state index is 13.8. The van der Waals surface area contributed by atoms with Crippen LogP contribution in [0.25, 0.3) is 0 Å². The molecule has 3 aromatic rings. The number of nitrogens with zero attached hydrogens (tertiary/aromatic N) is 3. The largest absolute Gasteiger partial charge is 0.497 e. The molecule has 0 unspecified atom stereocenters. The molecule has 0 radical (unpaired) electrons. The van der Waals surface area contributed by atoms with Gasteiger partial charge in [-0.25, -0.2) is 17.2 Å². The Labute approximate surface area is 186 Å². The Kier molecular flexibility index (Phi) is 6.17. The summed E-state index contributed by atoms with van der Waals surface area (Å²) in [7, 11) is -2.31. The molecule has 12 heteroatoms. The monoisotopic (exact) mass is 480 g/mol. The van der Waals surface area contributed by atoms with Gasteiger partial charge >= 0.3 is 0 Å². The van der Waals surface area contributed by atoms with Crippen molar-refractivity contribution in [1.82, 2.24) is 14.5 Å². The fourth-order valence-electron chi connectivity index (χ4n) is 3.39. The Morgan fingerprint density at radius 1 is 1.19 bits per heavy atom. The minimum atomic E-state index is -3.80. The maximum absolute atomic E-state index is 13.8. The number of nitrogens with one attached hydrogen (secondary N) is 1. The summed E-state index contributed by atoms with van der Waals surface area (Å²) < 4.78 is 59.6. The third-order valence-electron chi connectivity index (χ3n) is 4.97. The summed E-state index contributed by atoms with van der Waals surface area (Å²) in [5.41, 5.74) is -0.197. The van der Waals surface area contributed by atoms with Crippen LogP contribution < -0.4 is 10.1 Å². The average molecular weight is 481 g/mol. The number of hydrogen-bond donors (Lipinski definition) is 1. The second-order valence-corrected chi connectivity index (χ2v) is 9.87. The molecule has 1 aliphatic rings. The number of methoxy groups -OCH3 is 1. The lowest BCUT2D eigenvalue weighted by Gasteiger charge is -2.22. The Hall–Kier alpha value is -2.96. The normalized spacial score (nSPS) is 16.8. The lowest BCUT2D eigenvalue weighted by atomic mass is 10.2. The summed E-state index contributed by atoms with van der Waals surface area (Å²) in [5.74, 6) is -1.87. The lowest BCUT2D eigenvalue weighted by Crippen LogP contribution is -2.30. The summed E-state index contributed by atoms with van der Waals surface area (Å²) in [6, 6.07) is 8.29. The molecule has 2 heterocycles. The Morgan fingerprint density at radius 3 is 2.62 bits per heavy atom. The molecule has 0 bridgehead atoms. The Balaban J connectivity index is 1.54. The molecule has 1 aliphatic heterocycles. The molecule has 168 valence electrons. The van der Waals surface area contributed by atoms with Crippen LogP contribution in [0, 0.1) is 11.6 Å². The van der Waals surface area contributed by atoms with Crippen molar-refractivity contribution in [2.75, 3.05) is 19.0 Å². The third-order valence-corrected chi connectivity index (χ3v) is 7.91. The highest BCUT2D eigenvalue weighted by atomic mass is 32.2. The highest BCUT2D eigenvalue weighted by Crippen LogP contribution is 2.38. The van der Waals surface area contributed by atoms with Gasteiger partial charge in [0, 0.05) is 12.6 Å². The van der Waals surface area contributed by atoms with Gasteiger partial charge in [0.2, 0.25) is 15.0 Å². The number of halogens is 2. The lowest BCUT2D eigenvalue weighted by molar-refractivity contribution is 0.102. The number of ether oxygens (including phenoxy) is 1. The number of carbonyl (C=O) groups is 1. The first-order chi connectivity index (χ1) is 15.3. The summed E-state index contributed by atoms with van der Waals surface area (Å²) >= 11 is 0.931. The minimum Gasteiger partial charge on any atom is -0.497 e. The van der Waals surface area contributed by atoms with E-state index in [2.05, 4.69) is 15.5 Å². The Bertz CT molecular complexity index is 1250. The quantitative estimate of drug-likeness (QED) is 0.579. The van der Waals surface area contributed by atoms with Gasteiger partial charge in [-0.15, -0.1) is 10.2 Å². The topological polar surface area (TPSA) is 101 Å². The highest BCUT2D eigenvalue weighted by molar-refractivity contribution is 7.89. The van der Waals surface area contributed by atoms with Gasteiger partial charge in [-0.1, -0.05) is 11.3 Å². The van der Waals surface area contributed by atoms with Crippen molar-refractivity contribution in [2.45, 2.75) is 23.8 Å². The molecule has 0 saturated carbocycles. The van der Waals surface area contributed by atoms with Crippen LogP contribution in [0.3, 0.4) is 0 Å². The van der Waals surface area contributed by atoms with E-state index in [4.69, 9.17) is 4.74 Å². The zero-order valence-corrected chi connectivity index (χ0v) is 18.4. The van der Waals surface area contributed by atoms with Crippen LogP contribution in [0.4, 0.5) is 14.5 Å². The van der Waals surface area contributed by atoms with Crippen molar-refractivity contribution in [3.05, 3.63) is 64.1 Å². The van der Waals surface area contributed by atoms with E-state index in [1.54, 1.807) is 12.1 Å². The number of benzene rings is 2. The predicted molar refractivity (Wildman–Crippen MR) is 113 cm³/mol. The van der Waals surface area contributed by atoms with Gasteiger partial charge in [-0.3, -0.25) is 4.79 Å². The van der Waals surface area contributed by atoms with Crippen molar-refractivity contribution in [3.8, 4) is 5.75 Å². The predicted octanol–water partition coefficient (Wildman–Crippen LogP) is 3.60. The number of hydrogen-bond acceptors (Lipinski definition) is 7. The Morgan fingerprint density at radius 2 is 1.94 bits per heavy atom. The number of rotatable bonds is 6. The maximum Gasteiger partial charge on any atom is 0.286 e. The second-order valence-electron chi connectivity index (χ2n) is 6.97. The SMILES string of the molecule is COc1ccc(S(=O)(=O)N2CCC[C@H]2c2nnc(C(=O)Nc3ccc(F)cc3F)s2)cc1. The fraction of sp³-hybridized carbons (Fsp3) is 0.250. The van der Waals surface area contributed by atoms with Crippen LogP contribution in [-0.4, -0.2) is 42.5 Å². The molecular weight excluding hydrogens is 462 g/mol. The summed E-state index contributed by atoms with van der Waals surface area (Å²) in [6.07, 6.45) is 1.15. The van der Waals surface area contributed by atoms with Crippen LogP contribution in [0.15, 0.2) is 47.4 Å². The smallest absolute Gasteiger partial charge is 0.286 e. The highest BCUT2D eigenvalue weighted by Gasteiger charge is 2.38. The van der Waals surface area contributed by atoms with E-state index in [1.165, 1.54) is 23.5 Å². The van der Waals surface area contributed by atoms with Gasteiger partial charge in [0.15, 0.2) is 0 Å². The molecule has 1 N–H and O–H groups in total. The molecular formula is C20H18F2N4O4S2. The van der Waals surface area contributed by atoms with Gasteiger partial charge in [-0.05, 0) is 49.2 Å². The first-order valence-electron chi connectivity index (χ1n) is 9.55. The summed E-state index contributed by atoms with van der Waals surface area (Å²) in [6.45, 7) is 0.306. The van der Waals surface area contributed by atoms with Crippen LogP contribution >= 0.6 is 11.3 Å². The second kappa shape index (κ2) is 8.88. The van der Waals surface area contributed by atoms with E-state index in [0.29, 0.717) is 36.2 Å². The van der Waals surface area contributed by atoms with Crippen molar-refractivity contribution in [1.29, 1.82) is 0 Å². The number of amides is 1. The average Bonchev–Trinajstić information content (AvgIpc) is 3.45. The van der Waals surface area contributed by atoms with Crippen molar-refractivity contribution < 1.29 is 26.7 Å². The van der Waals surface area contributed by atoms with Gasteiger partial charge < -0.3 is 10.1 Å². The zero-order valence-electron chi connectivity index (χ0n) is 16.8. The molecule has 1 saturated heterocycles. The molecule has 0 aliphatic carbocycles. The third kappa shape index (κ3) is 4.33. The molecule has 2 aromatic carbocycles. The van der Waals surface area contributed by atoms with E-state index in [-0.39, 0.29) is 15.6 Å². The standard InChI is InChI=1S/C20H18F2N4O4S2/c1-30-13-5-7-14(8-6-13)32(28,29)26-10-2-3-17(26)19-24-25-20(31-19)18(27)23-16-9-4-12(21)11-15(16)22/h4-9,11,17H,2-3,10H2,1H3,(H,23,27)/t17-/m0/s1. The molecule has 1 fully saturated rings. The van der Waals surface area contributed by atoms with Crippen LogP contribution in [-0.2, 0) is 10.0 Å². The van der Waals surface area contributed by atoms with Crippen molar-refractivity contribution in [3.63, 3.8) is 0 Å². The minimum absolute atomic E-state index is 0.0579. The van der Waals surface area contributed by atoms with Crippen molar-refractivity contribution >= 4 is 33.0 Å².